The van der Waals surface area contributed by atoms with Crippen LogP contribution >= 0.6 is 0 Å². The van der Waals surface area contributed by atoms with Gasteiger partial charge in [-0.05, 0) is 55.3 Å². The van der Waals surface area contributed by atoms with E-state index in [-0.39, 0.29) is 46.2 Å². The molecule has 0 aromatic heterocycles. The summed E-state index contributed by atoms with van der Waals surface area (Å²) in [5.41, 5.74) is 1.67. The number of rotatable bonds is 7. The van der Waals surface area contributed by atoms with Gasteiger partial charge < -0.3 is 24.7 Å². The topological polar surface area (TPSA) is 134 Å². The summed E-state index contributed by atoms with van der Waals surface area (Å²) in [6, 6.07) is 13.3. The molecule has 0 saturated heterocycles. The van der Waals surface area contributed by atoms with E-state index in [0.717, 1.165) is 0 Å². The molecule has 1 aliphatic heterocycles. The molecular formula is C26H21NO7. The lowest BCUT2D eigenvalue weighted by Crippen LogP contribution is -2.12. The number of carbonyl (C=O) groups is 3. The quantitative estimate of drug-likeness (QED) is 0.342. The van der Waals surface area contributed by atoms with E-state index in [1.807, 2.05) is 0 Å². The number of phenols is 1. The van der Waals surface area contributed by atoms with E-state index in [1.165, 1.54) is 37.3 Å². The van der Waals surface area contributed by atoms with Gasteiger partial charge in [-0.1, -0.05) is 6.07 Å². The number of aromatic carboxylic acids is 1. The number of benzene rings is 3. The van der Waals surface area contributed by atoms with Crippen LogP contribution in [-0.2, 0) is 9.59 Å². The van der Waals surface area contributed by atoms with Gasteiger partial charge in [-0.15, -0.1) is 0 Å². The zero-order valence-corrected chi connectivity index (χ0v) is 18.3. The Kier molecular flexibility index (Phi) is 6.14. The standard InChI is InChI=1S/C26H21NO7/c1-14(28)3-2-4-24(31)27-15-5-8-18(21(11-15)26(32)33)25-19-9-6-16(29)12-22(19)34-23-13-17(30)7-10-20(23)25/h5-13,29H,2-4H2,1H3,(H,27,31)(H,32,33). The molecule has 0 fully saturated rings. The third-order valence-corrected chi connectivity index (χ3v) is 5.41. The van der Waals surface area contributed by atoms with Crippen molar-refractivity contribution in [1.29, 1.82) is 0 Å². The van der Waals surface area contributed by atoms with E-state index < -0.39 is 5.97 Å². The second-order valence-corrected chi connectivity index (χ2v) is 7.98. The molecule has 0 saturated carbocycles. The Hall–Kier alpha value is -4.46. The number of ketones is 1. The summed E-state index contributed by atoms with van der Waals surface area (Å²) in [4.78, 5) is 47.4. The Balaban J connectivity index is 1.83. The Morgan fingerprint density at radius 2 is 1.71 bits per heavy atom. The van der Waals surface area contributed by atoms with Gasteiger partial charge in [0.1, 0.15) is 22.9 Å². The zero-order chi connectivity index (χ0) is 24.4. The van der Waals surface area contributed by atoms with Crippen LogP contribution in [0, 0.1) is 0 Å². The Labute approximate surface area is 193 Å². The minimum Gasteiger partial charge on any atom is -0.508 e. The number of anilines is 1. The molecule has 1 amide bonds. The molecule has 0 unspecified atom stereocenters. The van der Waals surface area contributed by atoms with Crippen LogP contribution < -0.4 is 10.7 Å². The van der Waals surface area contributed by atoms with Crippen LogP contribution in [0.2, 0.25) is 0 Å². The van der Waals surface area contributed by atoms with E-state index >= 15 is 0 Å². The molecule has 8 heteroatoms. The number of fused-ring (bicyclic) bond motifs is 2. The first-order chi connectivity index (χ1) is 16.2. The molecule has 2 aromatic rings. The number of hydrogen-bond donors (Lipinski definition) is 3. The second-order valence-electron chi connectivity index (χ2n) is 7.98. The van der Waals surface area contributed by atoms with E-state index in [0.29, 0.717) is 40.6 Å². The Morgan fingerprint density at radius 1 is 0.941 bits per heavy atom. The van der Waals surface area contributed by atoms with Gasteiger partial charge in [0.05, 0.1) is 5.56 Å². The first kappa shape index (κ1) is 22.7. The molecule has 1 aliphatic carbocycles. The van der Waals surface area contributed by atoms with Crippen LogP contribution in [0.3, 0.4) is 0 Å². The predicted molar refractivity (Wildman–Crippen MR) is 126 cm³/mol. The van der Waals surface area contributed by atoms with E-state index in [1.54, 1.807) is 24.3 Å². The van der Waals surface area contributed by atoms with Crippen LogP contribution in [-0.4, -0.2) is 27.9 Å². The van der Waals surface area contributed by atoms with Crippen LogP contribution in [0.25, 0.3) is 33.4 Å². The molecule has 2 aromatic carbocycles. The summed E-state index contributed by atoms with van der Waals surface area (Å²) >= 11 is 0. The molecule has 0 radical (unpaired) electrons. The third-order valence-electron chi connectivity index (χ3n) is 5.41. The minimum atomic E-state index is -1.20. The lowest BCUT2D eigenvalue weighted by molar-refractivity contribution is -0.117. The number of hydrogen-bond acceptors (Lipinski definition) is 6. The minimum absolute atomic E-state index is 0.00298. The Bertz CT molecular complexity index is 1470. The van der Waals surface area contributed by atoms with Gasteiger partial charge >= 0.3 is 5.97 Å². The second kappa shape index (κ2) is 9.19. The monoisotopic (exact) mass is 459 g/mol. The van der Waals surface area contributed by atoms with Crippen LogP contribution in [0.15, 0.2) is 63.8 Å². The molecule has 34 heavy (non-hydrogen) atoms. The predicted octanol–water partition coefficient (Wildman–Crippen LogP) is 4.67. The van der Waals surface area contributed by atoms with Gasteiger partial charge in [-0.3, -0.25) is 9.59 Å². The maximum absolute atomic E-state index is 12.2. The largest absolute Gasteiger partial charge is 0.508 e. The van der Waals surface area contributed by atoms with Crippen molar-refractivity contribution in [3.63, 3.8) is 0 Å². The number of Topliss-reactive ketones (excluding diaryl/α,β-unsaturated/α-hetero) is 1. The average molecular weight is 459 g/mol. The molecule has 0 spiro atoms. The highest BCUT2D eigenvalue weighted by Gasteiger charge is 2.22. The molecule has 0 atom stereocenters. The number of phenolic OH excluding ortho intramolecular Hbond substituents is 1. The third kappa shape index (κ3) is 4.66. The summed E-state index contributed by atoms with van der Waals surface area (Å²) in [7, 11) is 0. The number of nitrogens with one attached hydrogen (secondary N) is 1. The van der Waals surface area contributed by atoms with Crippen LogP contribution in [0.1, 0.15) is 36.5 Å². The molecule has 2 aliphatic rings. The average Bonchev–Trinajstić information content (AvgIpc) is 2.77. The van der Waals surface area contributed by atoms with Crippen LogP contribution in [0.4, 0.5) is 5.69 Å². The molecule has 8 nitrogen and oxygen atoms in total. The van der Waals surface area contributed by atoms with Crippen LogP contribution in [0.5, 0.6) is 5.75 Å². The van der Waals surface area contributed by atoms with E-state index in [9.17, 15) is 29.4 Å². The van der Waals surface area contributed by atoms with Crippen molar-refractivity contribution >= 4 is 34.3 Å². The maximum Gasteiger partial charge on any atom is 0.336 e. The summed E-state index contributed by atoms with van der Waals surface area (Å²) in [6.45, 7) is 1.46. The molecule has 4 rings (SSSR count). The Morgan fingerprint density at radius 3 is 2.44 bits per heavy atom. The lowest BCUT2D eigenvalue weighted by Gasteiger charge is -2.17. The SMILES string of the molecule is CC(=O)CCCC(=O)Nc1ccc(-c2c3ccc(=O)cc-3oc3cc(O)ccc23)c(C(=O)O)c1. The number of amides is 1. The number of aromatic hydroxyl groups is 1. The highest BCUT2D eigenvalue weighted by molar-refractivity contribution is 6.08. The first-order valence-corrected chi connectivity index (χ1v) is 10.6. The van der Waals surface area contributed by atoms with Crippen molar-refractivity contribution in [3.8, 4) is 28.2 Å². The molecule has 172 valence electrons. The number of carboxylic acids is 1. The highest BCUT2D eigenvalue weighted by Crippen LogP contribution is 2.42. The molecule has 3 N–H and O–H groups in total. The van der Waals surface area contributed by atoms with Crippen molar-refractivity contribution in [1.82, 2.24) is 0 Å². The molecular weight excluding hydrogens is 438 g/mol. The maximum atomic E-state index is 12.2. The van der Waals surface area contributed by atoms with Gasteiger partial charge in [-0.25, -0.2) is 4.79 Å². The normalized spacial score (nSPS) is 11.0. The van der Waals surface area contributed by atoms with Gasteiger partial charge in [0.15, 0.2) is 5.43 Å². The van der Waals surface area contributed by atoms with E-state index in [2.05, 4.69) is 5.32 Å². The summed E-state index contributed by atoms with van der Waals surface area (Å²) in [5, 5.41) is 23.1. The zero-order valence-electron chi connectivity index (χ0n) is 18.3. The highest BCUT2D eigenvalue weighted by atomic mass is 16.4. The van der Waals surface area contributed by atoms with Gasteiger partial charge in [0.25, 0.3) is 0 Å². The lowest BCUT2D eigenvalue weighted by atomic mass is 9.90. The summed E-state index contributed by atoms with van der Waals surface area (Å²) in [5.74, 6) is -1.32. The van der Waals surface area contributed by atoms with Crippen molar-refractivity contribution < 1.29 is 29.0 Å². The van der Waals surface area contributed by atoms with Crippen molar-refractivity contribution in [2.24, 2.45) is 0 Å². The first-order valence-electron chi connectivity index (χ1n) is 10.6. The fourth-order valence-electron chi connectivity index (χ4n) is 3.89. The van der Waals surface area contributed by atoms with Crippen molar-refractivity contribution in [2.45, 2.75) is 26.2 Å². The fourth-order valence-corrected chi connectivity index (χ4v) is 3.89. The van der Waals surface area contributed by atoms with Gasteiger partial charge in [-0.2, -0.15) is 0 Å². The van der Waals surface area contributed by atoms with E-state index in [4.69, 9.17) is 4.42 Å². The number of carboxylic acid groups (broad SMARTS) is 1. The summed E-state index contributed by atoms with van der Waals surface area (Å²) in [6.07, 6.45) is 0.845. The molecule has 1 heterocycles. The van der Waals surface area contributed by atoms with Crippen molar-refractivity contribution in [2.75, 3.05) is 5.32 Å². The van der Waals surface area contributed by atoms with Gasteiger partial charge in [0, 0.05) is 47.2 Å². The smallest absolute Gasteiger partial charge is 0.336 e. The van der Waals surface area contributed by atoms with Crippen molar-refractivity contribution in [3.05, 3.63) is 70.4 Å². The molecule has 0 bridgehead atoms. The van der Waals surface area contributed by atoms with Gasteiger partial charge in [0.2, 0.25) is 5.91 Å². The fraction of sp³-hybridized carbons (Fsp3) is 0.154. The number of carbonyl (C=O) groups excluding carboxylic acids is 2. The summed E-state index contributed by atoms with van der Waals surface area (Å²) < 4.78 is 5.81.